The fourth-order valence-electron chi connectivity index (χ4n) is 1.06. The van der Waals surface area contributed by atoms with Crippen LogP contribution >= 0.6 is 22.6 Å². The van der Waals surface area contributed by atoms with Crippen molar-refractivity contribution in [2.24, 2.45) is 5.41 Å². The van der Waals surface area contributed by atoms with Crippen LogP contribution in [0.3, 0.4) is 0 Å². The normalized spacial score (nSPS) is 19.6. The van der Waals surface area contributed by atoms with Gasteiger partial charge in [-0.3, -0.25) is 9.59 Å². The zero-order valence-corrected chi connectivity index (χ0v) is 10.6. The van der Waals surface area contributed by atoms with E-state index in [1.807, 2.05) is 0 Å². The minimum atomic E-state index is -4.81. The van der Waals surface area contributed by atoms with Crippen LogP contribution in [-0.4, -0.2) is 31.7 Å². The number of alkyl halides is 4. The number of aliphatic carboxylic acids is 2. The van der Waals surface area contributed by atoms with Crippen molar-refractivity contribution in [2.75, 3.05) is 0 Å². The van der Waals surface area contributed by atoms with Gasteiger partial charge < -0.3 is 10.2 Å². The Hall–Kier alpha value is -0.540. The van der Waals surface area contributed by atoms with E-state index in [1.165, 1.54) is 0 Å². The average Bonchev–Trinajstić information content (AvgIpc) is 1.99. The van der Waals surface area contributed by atoms with Crippen LogP contribution in [0.2, 0.25) is 0 Å². The molecule has 2 N–H and O–H groups in total. The topological polar surface area (TPSA) is 74.6 Å². The number of carboxylic acids is 2. The van der Waals surface area contributed by atoms with Crippen LogP contribution < -0.4 is 0 Å². The van der Waals surface area contributed by atoms with Crippen molar-refractivity contribution in [3.8, 4) is 0 Å². The molecule has 0 aliphatic heterocycles. The van der Waals surface area contributed by atoms with Crippen LogP contribution in [0.4, 0.5) is 13.2 Å². The molecule has 0 radical (unpaired) electrons. The fourth-order valence-corrected chi connectivity index (χ4v) is 1.48. The fraction of sp³-hybridized carbons (Fsp3) is 0.750. The molecular weight excluding hydrogens is 344 g/mol. The third kappa shape index (κ3) is 2.58. The SMILES string of the molecule is CC(CC(=O)O)(C(=O)O)C(C)(I)C(F)(F)F. The van der Waals surface area contributed by atoms with E-state index < -0.39 is 33.4 Å². The molecule has 0 aliphatic carbocycles. The summed E-state index contributed by atoms with van der Waals surface area (Å²) in [7, 11) is 0. The second-order valence-electron chi connectivity index (χ2n) is 3.71. The highest BCUT2D eigenvalue weighted by Gasteiger charge is 2.64. The second kappa shape index (κ2) is 4.38. The van der Waals surface area contributed by atoms with E-state index >= 15 is 0 Å². The molecule has 8 heteroatoms. The van der Waals surface area contributed by atoms with E-state index in [2.05, 4.69) is 0 Å². The van der Waals surface area contributed by atoms with Gasteiger partial charge in [0.2, 0.25) is 0 Å². The van der Waals surface area contributed by atoms with E-state index in [0.29, 0.717) is 6.92 Å². The summed E-state index contributed by atoms with van der Waals surface area (Å²) in [5, 5.41) is 17.3. The number of halogens is 4. The van der Waals surface area contributed by atoms with Crippen molar-refractivity contribution in [1.82, 2.24) is 0 Å². The predicted molar refractivity (Wildman–Crippen MR) is 56.5 cm³/mol. The summed E-state index contributed by atoms with van der Waals surface area (Å²) in [6.45, 7) is 1.45. The van der Waals surface area contributed by atoms with Gasteiger partial charge in [0.1, 0.15) is 3.42 Å². The Kier molecular flexibility index (Phi) is 4.23. The Labute approximate surface area is 103 Å². The van der Waals surface area contributed by atoms with Gasteiger partial charge in [-0.1, -0.05) is 22.6 Å². The van der Waals surface area contributed by atoms with Crippen molar-refractivity contribution in [1.29, 1.82) is 0 Å². The maximum atomic E-state index is 12.7. The Morgan fingerprint density at radius 1 is 1.19 bits per heavy atom. The number of carbonyl (C=O) groups is 2. The Morgan fingerprint density at radius 2 is 1.56 bits per heavy atom. The first-order valence-electron chi connectivity index (χ1n) is 4.07. The van der Waals surface area contributed by atoms with Crippen molar-refractivity contribution in [2.45, 2.75) is 29.9 Å². The quantitative estimate of drug-likeness (QED) is 0.600. The molecule has 0 saturated carbocycles. The maximum Gasteiger partial charge on any atom is 0.404 e. The summed E-state index contributed by atoms with van der Waals surface area (Å²) in [6, 6.07) is 0. The summed E-state index contributed by atoms with van der Waals surface area (Å²) >= 11 is 0.941. The molecule has 16 heavy (non-hydrogen) atoms. The Morgan fingerprint density at radius 3 is 1.75 bits per heavy atom. The highest BCUT2D eigenvalue weighted by molar-refractivity contribution is 14.1. The molecule has 4 nitrogen and oxygen atoms in total. The summed E-state index contributed by atoms with van der Waals surface area (Å²) in [4.78, 5) is 21.3. The van der Waals surface area contributed by atoms with Crippen molar-refractivity contribution < 1.29 is 33.0 Å². The average molecular weight is 354 g/mol. The lowest BCUT2D eigenvalue weighted by molar-refractivity contribution is -0.192. The van der Waals surface area contributed by atoms with E-state index in [9.17, 15) is 22.8 Å². The first-order chi connectivity index (χ1) is 6.86. The third-order valence-electron chi connectivity index (χ3n) is 2.55. The molecule has 0 aromatic rings. The van der Waals surface area contributed by atoms with Crippen LogP contribution in [-0.2, 0) is 9.59 Å². The molecule has 2 unspecified atom stereocenters. The van der Waals surface area contributed by atoms with E-state index in [1.54, 1.807) is 0 Å². The molecule has 0 saturated heterocycles. The molecule has 2 atom stereocenters. The van der Waals surface area contributed by atoms with E-state index in [-0.39, 0.29) is 0 Å². The lowest BCUT2D eigenvalue weighted by atomic mass is 9.75. The van der Waals surface area contributed by atoms with Crippen LogP contribution in [0.25, 0.3) is 0 Å². The molecule has 0 aromatic heterocycles. The summed E-state index contributed by atoms with van der Waals surface area (Å²) in [5.74, 6) is -3.37. The third-order valence-corrected chi connectivity index (χ3v) is 4.35. The summed E-state index contributed by atoms with van der Waals surface area (Å²) in [6.07, 6.45) is -5.91. The van der Waals surface area contributed by atoms with Gasteiger partial charge >= 0.3 is 18.1 Å². The molecule has 0 aromatic carbocycles. The first kappa shape index (κ1) is 15.5. The zero-order valence-electron chi connectivity index (χ0n) is 8.43. The van der Waals surface area contributed by atoms with Crippen molar-refractivity contribution >= 4 is 34.5 Å². The molecule has 0 rings (SSSR count). The van der Waals surface area contributed by atoms with Gasteiger partial charge in [-0.15, -0.1) is 0 Å². The number of hydrogen-bond donors (Lipinski definition) is 2. The summed E-state index contributed by atoms with van der Waals surface area (Å²) in [5.41, 5.74) is -2.42. The van der Waals surface area contributed by atoms with Gasteiger partial charge in [-0.05, 0) is 13.8 Å². The smallest absolute Gasteiger partial charge is 0.404 e. The highest BCUT2D eigenvalue weighted by atomic mass is 127. The molecule has 94 valence electrons. The van der Waals surface area contributed by atoms with E-state index in [4.69, 9.17) is 10.2 Å². The molecule has 0 heterocycles. The van der Waals surface area contributed by atoms with Gasteiger partial charge in [0.25, 0.3) is 0 Å². The summed E-state index contributed by atoms with van der Waals surface area (Å²) < 4.78 is 35.4. The first-order valence-corrected chi connectivity index (χ1v) is 5.15. The molecule has 0 fully saturated rings. The Balaban J connectivity index is 5.53. The van der Waals surface area contributed by atoms with Crippen LogP contribution in [0.15, 0.2) is 0 Å². The highest BCUT2D eigenvalue weighted by Crippen LogP contribution is 2.52. The molecular formula is C8H10F3IO4. The van der Waals surface area contributed by atoms with Gasteiger partial charge in [-0.25, -0.2) is 0 Å². The van der Waals surface area contributed by atoms with Gasteiger partial charge in [-0.2, -0.15) is 13.2 Å². The van der Waals surface area contributed by atoms with Crippen LogP contribution in [0.5, 0.6) is 0 Å². The minimum absolute atomic E-state index is 0.671. The lowest BCUT2D eigenvalue weighted by Crippen LogP contribution is -2.55. The standard InChI is InChI=1S/C8H10F3IO4/c1-6(5(15)16,3-4(13)14)7(2,12)8(9,10)11/h3H2,1-2H3,(H,13,14)(H,15,16). The number of rotatable bonds is 4. The van der Waals surface area contributed by atoms with Crippen LogP contribution in [0, 0.1) is 5.41 Å². The Bertz CT molecular complexity index is 313. The maximum absolute atomic E-state index is 12.7. The lowest BCUT2D eigenvalue weighted by Gasteiger charge is -2.39. The van der Waals surface area contributed by atoms with Gasteiger partial charge in [0.05, 0.1) is 11.8 Å². The van der Waals surface area contributed by atoms with Crippen molar-refractivity contribution in [3.63, 3.8) is 0 Å². The molecule has 0 spiro atoms. The second-order valence-corrected chi connectivity index (χ2v) is 5.87. The predicted octanol–water partition coefficient (Wildman–Crippen LogP) is 2.31. The van der Waals surface area contributed by atoms with Crippen LogP contribution in [0.1, 0.15) is 20.3 Å². The largest absolute Gasteiger partial charge is 0.481 e. The zero-order chi connectivity index (χ0) is 13.4. The van der Waals surface area contributed by atoms with Gasteiger partial charge in [0.15, 0.2) is 0 Å². The van der Waals surface area contributed by atoms with Gasteiger partial charge in [0, 0.05) is 0 Å². The van der Waals surface area contributed by atoms with Crippen molar-refractivity contribution in [3.05, 3.63) is 0 Å². The molecule has 0 amide bonds. The molecule has 0 aliphatic rings. The minimum Gasteiger partial charge on any atom is -0.481 e. The molecule has 0 bridgehead atoms. The number of hydrogen-bond acceptors (Lipinski definition) is 2. The number of carboxylic acid groups (broad SMARTS) is 2. The monoisotopic (exact) mass is 354 g/mol. The van der Waals surface area contributed by atoms with E-state index in [0.717, 1.165) is 29.5 Å².